The van der Waals surface area contributed by atoms with E-state index in [-0.39, 0.29) is 17.9 Å². The molecule has 1 aromatic heterocycles. The molecule has 3 rings (SSSR count). The molecule has 19 heavy (non-hydrogen) atoms. The van der Waals surface area contributed by atoms with Gasteiger partial charge in [0.05, 0.1) is 11.1 Å². The highest BCUT2D eigenvalue weighted by Crippen LogP contribution is 2.36. The number of nitrogens with one attached hydrogen (secondary N) is 1. The first-order valence-electron chi connectivity index (χ1n) is 5.87. The van der Waals surface area contributed by atoms with E-state index in [1.165, 1.54) is 0 Å². The number of fused-ring (bicyclic) bond motifs is 3. The maximum absolute atomic E-state index is 13.7. The second-order valence-corrected chi connectivity index (χ2v) is 4.67. The monoisotopic (exact) mass is 293 g/mol. The smallest absolute Gasteiger partial charge is 0.356 e. The summed E-state index contributed by atoms with van der Waals surface area (Å²) in [6.07, 6.45) is -1.07. The topological polar surface area (TPSA) is 15.8 Å². The van der Waals surface area contributed by atoms with Crippen LogP contribution >= 0.6 is 12.4 Å². The van der Waals surface area contributed by atoms with E-state index in [1.807, 2.05) is 0 Å². The minimum atomic E-state index is -4.51. The first-order valence-corrected chi connectivity index (χ1v) is 5.87. The molecule has 0 fully saturated rings. The van der Waals surface area contributed by atoms with Gasteiger partial charge in [0.15, 0.2) is 0 Å². The van der Waals surface area contributed by atoms with Gasteiger partial charge < -0.3 is 4.98 Å². The maximum atomic E-state index is 13.7. The average molecular weight is 294 g/mol. The van der Waals surface area contributed by atoms with Crippen LogP contribution in [0.1, 0.15) is 29.7 Å². The molecule has 1 N–H and O–H groups in total. The van der Waals surface area contributed by atoms with Gasteiger partial charge in [0.2, 0.25) is 0 Å². The lowest BCUT2D eigenvalue weighted by atomic mass is 9.95. The molecule has 1 aliphatic rings. The Morgan fingerprint density at radius 2 is 1.74 bits per heavy atom. The number of aryl methyl sites for hydroxylation is 2. The fourth-order valence-electron chi connectivity index (χ4n) is 2.63. The molecular formula is C13H12ClF4N. The van der Waals surface area contributed by atoms with Gasteiger partial charge in [0.25, 0.3) is 0 Å². The fourth-order valence-corrected chi connectivity index (χ4v) is 2.63. The van der Waals surface area contributed by atoms with Crippen molar-refractivity contribution in [3.8, 4) is 0 Å². The summed E-state index contributed by atoms with van der Waals surface area (Å²) < 4.78 is 51.7. The Kier molecular flexibility index (Phi) is 3.51. The number of hydrogen-bond donors (Lipinski definition) is 1. The van der Waals surface area contributed by atoms with Crippen LogP contribution in [0.3, 0.4) is 0 Å². The van der Waals surface area contributed by atoms with Gasteiger partial charge in [-0.25, -0.2) is 4.39 Å². The maximum Gasteiger partial charge on any atom is 0.416 e. The van der Waals surface area contributed by atoms with Crippen LogP contribution < -0.4 is 0 Å². The molecule has 1 nitrogen and oxygen atoms in total. The van der Waals surface area contributed by atoms with Crippen molar-refractivity contribution in [3.05, 3.63) is 34.8 Å². The molecule has 1 heterocycles. The zero-order valence-electron chi connectivity index (χ0n) is 9.90. The van der Waals surface area contributed by atoms with Crippen LogP contribution in [0.2, 0.25) is 0 Å². The van der Waals surface area contributed by atoms with Crippen molar-refractivity contribution in [1.29, 1.82) is 0 Å². The van der Waals surface area contributed by atoms with E-state index in [0.717, 1.165) is 43.0 Å². The van der Waals surface area contributed by atoms with E-state index < -0.39 is 17.6 Å². The number of aromatic amines is 1. The van der Waals surface area contributed by atoms with Gasteiger partial charge in [0, 0.05) is 11.1 Å². The Bertz CT molecular complexity index is 615. The second kappa shape index (κ2) is 4.71. The SMILES string of the molecule is Cl.Fc1cc(C(F)(F)F)cc2c3c([nH]c12)CCCC3. The summed E-state index contributed by atoms with van der Waals surface area (Å²) in [7, 11) is 0. The molecule has 0 aliphatic heterocycles. The first kappa shape index (κ1) is 14.2. The predicted molar refractivity (Wildman–Crippen MR) is 67.1 cm³/mol. The normalized spacial score (nSPS) is 15.2. The quantitative estimate of drug-likeness (QED) is 0.682. The van der Waals surface area contributed by atoms with Crippen LogP contribution in [0.25, 0.3) is 10.9 Å². The number of halogens is 5. The van der Waals surface area contributed by atoms with E-state index in [9.17, 15) is 17.6 Å². The van der Waals surface area contributed by atoms with E-state index in [4.69, 9.17) is 0 Å². The summed E-state index contributed by atoms with van der Waals surface area (Å²) >= 11 is 0. The van der Waals surface area contributed by atoms with Crippen molar-refractivity contribution < 1.29 is 17.6 Å². The lowest BCUT2D eigenvalue weighted by Crippen LogP contribution is -2.05. The molecule has 0 saturated carbocycles. The van der Waals surface area contributed by atoms with Crippen molar-refractivity contribution in [2.45, 2.75) is 31.9 Å². The minimum absolute atomic E-state index is 0. The van der Waals surface area contributed by atoms with Crippen molar-refractivity contribution in [3.63, 3.8) is 0 Å². The molecule has 0 unspecified atom stereocenters. The molecule has 0 amide bonds. The van der Waals surface area contributed by atoms with Crippen molar-refractivity contribution in [2.75, 3.05) is 0 Å². The Morgan fingerprint density at radius 3 is 2.42 bits per heavy atom. The van der Waals surface area contributed by atoms with Crippen LogP contribution in [-0.4, -0.2) is 4.98 Å². The van der Waals surface area contributed by atoms with Crippen molar-refractivity contribution >= 4 is 23.3 Å². The van der Waals surface area contributed by atoms with Crippen LogP contribution in [0.15, 0.2) is 12.1 Å². The molecular weight excluding hydrogens is 282 g/mol. The highest BCUT2D eigenvalue weighted by molar-refractivity contribution is 5.86. The highest BCUT2D eigenvalue weighted by Gasteiger charge is 2.32. The van der Waals surface area contributed by atoms with Gasteiger partial charge in [-0.05, 0) is 43.4 Å². The lowest BCUT2D eigenvalue weighted by molar-refractivity contribution is -0.137. The minimum Gasteiger partial charge on any atom is -0.356 e. The molecule has 1 aromatic carbocycles. The lowest BCUT2D eigenvalue weighted by Gasteiger charge is -2.11. The van der Waals surface area contributed by atoms with Crippen LogP contribution in [0.5, 0.6) is 0 Å². The van der Waals surface area contributed by atoms with Crippen molar-refractivity contribution in [2.24, 2.45) is 0 Å². The average Bonchev–Trinajstić information content (AvgIpc) is 2.67. The Morgan fingerprint density at radius 1 is 1.05 bits per heavy atom. The van der Waals surface area contributed by atoms with E-state index >= 15 is 0 Å². The summed E-state index contributed by atoms with van der Waals surface area (Å²) in [4.78, 5) is 2.92. The Hall–Kier alpha value is -1.23. The molecule has 0 spiro atoms. The van der Waals surface area contributed by atoms with E-state index in [2.05, 4.69) is 4.98 Å². The molecule has 0 radical (unpaired) electrons. The molecule has 2 aromatic rings. The fraction of sp³-hybridized carbons (Fsp3) is 0.385. The number of benzene rings is 1. The number of rotatable bonds is 0. The van der Waals surface area contributed by atoms with Gasteiger partial charge in [-0.2, -0.15) is 13.2 Å². The van der Waals surface area contributed by atoms with Crippen molar-refractivity contribution in [1.82, 2.24) is 4.98 Å². The van der Waals surface area contributed by atoms with E-state index in [0.29, 0.717) is 11.5 Å². The first-order chi connectivity index (χ1) is 8.47. The van der Waals surface area contributed by atoms with Gasteiger partial charge in [-0.15, -0.1) is 12.4 Å². The van der Waals surface area contributed by atoms with Gasteiger partial charge in [-0.1, -0.05) is 0 Å². The van der Waals surface area contributed by atoms with Crippen LogP contribution in [0, 0.1) is 5.82 Å². The number of alkyl halides is 3. The van der Waals surface area contributed by atoms with E-state index in [1.54, 1.807) is 0 Å². The van der Waals surface area contributed by atoms with Crippen LogP contribution in [-0.2, 0) is 19.0 Å². The number of aromatic nitrogens is 1. The largest absolute Gasteiger partial charge is 0.416 e. The summed E-state index contributed by atoms with van der Waals surface area (Å²) in [5.41, 5.74) is 1.02. The molecule has 0 atom stereocenters. The standard InChI is InChI=1S/C13H11F4N.ClH/c14-10-6-7(13(15,16)17)5-9-8-3-1-2-4-11(8)18-12(9)10;/h5-6,18H,1-4H2;1H. The Balaban J connectivity index is 0.00000133. The summed E-state index contributed by atoms with van der Waals surface area (Å²) in [5, 5.41) is 0.386. The van der Waals surface area contributed by atoms with Crippen LogP contribution in [0.4, 0.5) is 17.6 Å². The zero-order chi connectivity index (χ0) is 12.9. The third-order valence-corrected chi connectivity index (χ3v) is 3.49. The number of hydrogen-bond acceptors (Lipinski definition) is 0. The molecule has 0 bridgehead atoms. The van der Waals surface area contributed by atoms with Gasteiger partial charge in [0.1, 0.15) is 5.82 Å². The molecule has 0 saturated heterocycles. The molecule has 104 valence electrons. The Labute approximate surface area is 113 Å². The highest BCUT2D eigenvalue weighted by atomic mass is 35.5. The number of H-pyrrole nitrogens is 1. The predicted octanol–water partition coefficient (Wildman–Crippen LogP) is 4.63. The molecule has 6 heteroatoms. The van der Waals surface area contributed by atoms with Gasteiger partial charge in [-0.3, -0.25) is 0 Å². The second-order valence-electron chi connectivity index (χ2n) is 4.67. The summed E-state index contributed by atoms with van der Waals surface area (Å²) in [5.74, 6) is -0.825. The zero-order valence-corrected chi connectivity index (χ0v) is 10.7. The third-order valence-electron chi connectivity index (χ3n) is 3.49. The van der Waals surface area contributed by atoms with Gasteiger partial charge >= 0.3 is 6.18 Å². The third kappa shape index (κ3) is 2.31. The summed E-state index contributed by atoms with van der Waals surface area (Å²) in [6.45, 7) is 0. The summed E-state index contributed by atoms with van der Waals surface area (Å²) in [6, 6.07) is 1.61. The molecule has 1 aliphatic carbocycles.